The number of carbonyl (C=O) groups is 5. The van der Waals surface area contributed by atoms with E-state index in [0.717, 1.165) is 76.9 Å². The van der Waals surface area contributed by atoms with Crippen molar-refractivity contribution in [2.75, 3.05) is 26.4 Å². The Morgan fingerprint density at radius 1 is 1.02 bits per heavy atom. The average Bonchev–Trinajstić information content (AvgIpc) is 3.64. The average molecular weight is 733 g/mol. The Hall–Kier alpha value is -2.60. The molecule has 1 heterocycles. The van der Waals surface area contributed by atoms with Crippen LogP contribution in [0.25, 0.3) is 0 Å². The van der Waals surface area contributed by atoms with Gasteiger partial charge in [0.25, 0.3) is 0 Å². The number of nitrogens with one attached hydrogen (secondary N) is 2. The Balaban J connectivity index is 1.60. The van der Waals surface area contributed by atoms with Crippen molar-refractivity contribution in [3.05, 3.63) is 12.7 Å². The molecule has 1 spiro atoms. The lowest BCUT2D eigenvalue weighted by Gasteiger charge is -2.37. The van der Waals surface area contributed by atoms with E-state index in [1.165, 1.54) is 11.4 Å². The number of urea groups is 1. The normalized spacial score (nSPS) is 24.8. The van der Waals surface area contributed by atoms with E-state index < -0.39 is 57.1 Å². The molecule has 2 N–H and O–H groups in total. The summed E-state index contributed by atoms with van der Waals surface area (Å²) in [6.07, 6.45) is 13.7. The van der Waals surface area contributed by atoms with Gasteiger partial charge in [-0.05, 0) is 80.0 Å². The molecule has 0 aromatic rings. The molecule has 11 nitrogen and oxygen atoms in total. The molecule has 288 valence electrons. The van der Waals surface area contributed by atoms with Gasteiger partial charge in [0.05, 0.1) is 12.3 Å². The molecule has 0 radical (unpaired) electrons. The van der Waals surface area contributed by atoms with Gasteiger partial charge >= 0.3 is 6.03 Å². The predicted octanol–water partition coefficient (Wildman–Crippen LogP) is 5.43. The highest BCUT2D eigenvalue weighted by Crippen LogP contribution is 2.66. The minimum Gasteiger partial charge on any atom is -0.334 e. The summed E-state index contributed by atoms with van der Waals surface area (Å²) in [4.78, 5) is 71.1. The number of allylic oxidation sites excluding steroid dienone is 1. The van der Waals surface area contributed by atoms with Crippen molar-refractivity contribution in [1.29, 1.82) is 0 Å². The second kappa shape index (κ2) is 17.0. The molecule has 3 saturated carbocycles. The molecule has 0 bridgehead atoms. The summed E-state index contributed by atoms with van der Waals surface area (Å²) in [5, 5.41) is 6.02. The van der Waals surface area contributed by atoms with Crippen LogP contribution in [0.4, 0.5) is 4.79 Å². The minimum absolute atomic E-state index is 0.0000205. The zero-order valence-corrected chi connectivity index (χ0v) is 32.8. The largest absolute Gasteiger partial charge is 0.334 e. The summed E-state index contributed by atoms with van der Waals surface area (Å²) in [6.45, 7) is 12.0. The summed E-state index contributed by atoms with van der Waals surface area (Å²) in [5.41, 5.74) is -0.324. The maximum atomic E-state index is 14.9. The molecule has 4 rings (SSSR count). The molecule has 0 aromatic heterocycles. The molecule has 1 unspecified atom stereocenters. The number of unbranched alkanes of at least 4 members (excludes halogenated alkanes) is 1. The SMILES string of the molecule is C=CCCC(=O)C(=O)C(CCCC)CC(=O)[C@@H]1[C@H]2CCC3(CC3)[C@H]2CN1C(=O)[C@@H](NC(=O)N[C@H](CN(C)S(C)(=O)=O)C(C)(C)C)C1CCCCC1. The van der Waals surface area contributed by atoms with Gasteiger partial charge < -0.3 is 15.5 Å². The number of ketones is 3. The first-order valence-corrected chi connectivity index (χ1v) is 21.3. The van der Waals surface area contributed by atoms with Gasteiger partial charge in [-0.1, -0.05) is 65.9 Å². The van der Waals surface area contributed by atoms with Crippen LogP contribution in [-0.4, -0.2) is 91.4 Å². The Labute approximate surface area is 306 Å². The van der Waals surface area contributed by atoms with Gasteiger partial charge in [-0.15, -0.1) is 6.58 Å². The first-order chi connectivity index (χ1) is 23.9. The van der Waals surface area contributed by atoms with Gasteiger partial charge in [0.15, 0.2) is 11.6 Å². The molecule has 1 aliphatic heterocycles. The van der Waals surface area contributed by atoms with E-state index in [2.05, 4.69) is 17.2 Å². The zero-order chi connectivity index (χ0) is 37.7. The van der Waals surface area contributed by atoms with Crippen molar-refractivity contribution in [1.82, 2.24) is 19.8 Å². The van der Waals surface area contributed by atoms with E-state index in [4.69, 9.17) is 0 Å². The van der Waals surface area contributed by atoms with Gasteiger partial charge in [-0.3, -0.25) is 19.2 Å². The Kier molecular flexibility index (Phi) is 13.7. The van der Waals surface area contributed by atoms with Crippen LogP contribution in [0, 0.1) is 34.5 Å². The number of hydrogen-bond donors (Lipinski definition) is 2. The lowest BCUT2D eigenvalue weighted by atomic mass is 9.81. The van der Waals surface area contributed by atoms with Gasteiger partial charge in [0.1, 0.15) is 6.04 Å². The number of carbonyl (C=O) groups excluding carboxylic acids is 5. The van der Waals surface area contributed by atoms with Crippen LogP contribution in [0.1, 0.15) is 124 Å². The van der Waals surface area contributed by atoms with E-state index in [-0.39, 0.29) is 54.2 Å². The Morgan fingerprint density at radius 3 is 2.25 bits per heavy atom. The maximum absolute atomic E-state index is 14.9. The van der Waals surface area contributed by atoms with Crippen molar-refractivity contribution in [2.24, 2.45) is 34.5 Å². The molecule has 51 heavy (non-hydrogen) atoms. The smallest absolute Gasteiger partial charge is 0.315 e. The number of likely N-dealkylation sites (tertiary alicyclic amines) is 1. The minimum atomic E-state index is -3.49. The van der Waals surface area contributed by atoms with Crippen LogP contribution in [-0.2, 0) is 29.2 Å². The number of sulfonamides is 1. The van der Waals surface area contributed by atoms with E-state index in [1.807, 2.05) is 27.7 Å². The lowest BCUT2D eigenvalue weighted by molar-refractivity contribution is -0.143. The van der Waals surface area contributed by atoms with E-state index in [0.29, 0.717) is 19.4 Å². The van der Waals surface area contributed by atoms with Gasteiger partial charge in [0, 0.05) is 44.9 Å². The second-order valence-electron chi connectivity index (χ2n) is 17.2. The van der Waals surface area contributed by atoms with Gasteiger partial charge in [-0.2, -0.15) is 0 Å². The third kappa shape index (κ3) is 10.1. The highest BCUT2D eigenvalue weighted by atomic mass is 32.2. The number of hydrogen-bond acceptors (Lipinski definition) is 7. The molecule has 3 aliphatic carbocycles. The van der Waals surface area contributed by atoms with Crippen molar-refractivity contribution in [2.45, 2.75) is 142 Å². The van der Waals surface area contributed by atoms with E-state index in [1.54, 1.807) is 11.0 Å². The third-order valence-corrected chi connectivity index (χ3v) is 13.8. The van der Waals surface area contributed by atoms with Crippen molar-refractivity contribution in [3.63, 3.8) is 0 Å². The van der Waals surface area contributed by atoms with Gasteiger partial charge in [0.2, 0.25) is 21.7 Å². The maximum Gasteiger partial charge on any atom is 0.315 e. The fourth-order valence-electron chi connectivity index (χ4n) is 9.00. The lowest BCUT2D eigenvalue weighted by Crippen LogP contribution is -2.60. The van der Waals surface area contributed by atoms with Crippen LogP contribution >= 0.6 is 0 Å². The van der Waals surface area contributed by atoms with Crippen molar-refractivity contribution in [3.8, 4) is 0 Å². The molecular weight excluding hydrogens is 669 g/mol. The number of Topliss-reactive ketones (excluding diaryl/α,β-unsaturated/α-hetero) is 3. The third-order valence-electron chi connectivity index (χ3n) is 12.5. The first kappa shape index (κ1) is 41.2. The predicted molar refractivity (Wildman–Crippen MR) is 198 cm³/mol. The summed E-state index contributed by atoms with van der Waals surface area (Å²) in [7, 11) is -2.01. The molecule has 3 amide bonds. The highest BCUT2D eigenvalue weighted by molar-refractivity contribution is 7.88. The number of amides is 3. The van der Waals surface area contributed by atoms with Crippen LogP contribution < -0.4 is 10.6 Å². The number of rotatable bonds is 18. The van der Waals surface area contributed by atoms with E-state index >= 15 is 0 Å². The summed E-state index contributed by atoms with van der Waals surface area (Å²) in [6, 6.07) is -2.61. The molecular formula is C39H64N4O7S. The quantitative estimate of drug-likeness (QED) is 0.141. The molecule has 4 aliphatic rings. The molecule has 12 heteroatoms. The molecule has 0 aromatic carbocycles. The summed E-state index contributed by atoms with van der Waals surface area (Å²) >= 11 is 0. The molecule has 6 atom stereocenters. The fourth-order valence-corrected chi connectivity index (χ4v) is 9.42. The Bertz CT molecular complexity index is 1410. The molecule has 1 saturated heterocycles. The highest BCUT2D eigenvalue weighted by Gasteiger charge is 2.63. The molecule has 4 fully saturated rings. The fraction of sp³-hybridized carbons (Fsp3) is 0.821. The Morgan fingerprint density at radius 2 is 1.69 bits per heavy atom. The second-order valence-corrected chi connectivity index (χ2v) is 19.3. The monoisotopic (exact) mass is 732 g/mol. The number of likely N-dealkylation sites (N-methyl/N-ethyl adjacent to an activating group) is 1. The van der Waals surface area contributed by atoms with Crippen LogP contribution in [0.3, 0.4) is 0 Å². The van der Waals surface area contributed by atoms with Gasteiger partial charge in [-0.25, -0.2) is 17.5 Å². The summed E-state index contributed by atoms with van der Waals surface area (Å²) in [5.74, 6) is -1.97. The number of nitrogens with zero attached hydrogens (tertiary/aromatic N) is 2. The summed E-state index contributed by atoms with van der Waals surface area (Å²) < 4.78 is 25.7. The topological polar surface area (TPSA) is 150 Å². The van der Waals surface area contributed by atoms with Crippen LogP contribution in [0.5, 0.6) is 0 Å². The first-order valence-electron chi connectivity index (χ1n) is 19.4. The van der Waals surface area contributed by atoms with Crippen molar-refractivity contribution >= 4 is 39.3 Å². The number of fused-ring (bicyclic) bond motifs is 2. The van der Waals surface area contributed by atoms with Crippen LogP contribution in [0.2, 0.25) is 0 Å². The van der Waals surface area contributed by atoms with Crippen LogP contribution in [0.15, 0.2) is 12.7 Å². The zero-order valence-electron chi connectivity index (χ0n) is 32.0. The van der Waals surface area contributed by atoms with E-state index in [9.17, 15) is 32.4 Å². The standard InChI is InChI=1S/C39H64N4O7S/c1-8-10-15-27(35(46)30(44)18-11-9-2)23-31(45)34-28-19-20-39(21-22-39)29(28)24-43(34)36(47)33(26-16-13-12-14-17-26)41-37(48)40-32(38(3,4)5)25-42(6)51(7,49)50/h9,26-29,32-34H,2,8,10-25H2,1,3-7H3,(H2,40,41,48)/t27?,28-,29-,32+,33-,34-/m0/s1. The van der Waals surface area contributed by atoms with Crippen molar-refractivity contribution < 1.29 is 32.4 Å².